The van der Waals surface area contributed by atoms with Gasteiger partial charge >= 0.3 is 5.97 Å². The maximum absolute atomic E-state index is 13.6. The Bertz CT molecular complexity index is 745. The normalized spacial score (nSPS) is 10.3. The molecule has 23 heavy (non-hydrogen) atoms. The molecule has 0 aliphatic rings. The van der Waals surface area contributed by atoms with Crippen molar-refractivity contribution in [2.45, 2.75) is 6.92 Å². The molecular formula is C16H12Cl2FNO3. The van der Waals surface area contributed by atoms with Crippen LogP contribution in [0.3, 0.4) is 0 Å². The first-order valence-electron chi connectivity index (χ1n) is 6.55. The summed E-state index contributed by atoms with van der Waals surface area (Å²) in [5, 5.41) is 2.55. The van der Waals surface area contributed by atoms with E-state index in [9.17, 15) is 14.0 Å². The lowest BCUT2D eigenvalue weighted by molar-refractivity contribution is -0.119. The van der Waals surface area contributed by atoms with E-state index < -0.39 is 24.3 Å². The molecule has 0 aliphatic carbocycles. The van der Waals surface area contributed by atoms with Gasteiger partial charge in [0.15, 0.2) is 6.61 Å². The Labute approximate surface area is 142 Å². The van der Waals surface area contributed by atoms with Crippen LogP contribution in [0.2, 0.25) is 10.0 Å². The molecule has 0 aromatic heterocycles. The topological polar surface area (TPSA) is 55.4 Å². The quantitative estimate of drug-likeness (QED) is 0.834. The van der Waals surface area contributed by atoms with E-state index in [4.69, 9.17) is 27.9 Å². The standard InChI is InChI=1S/C16H12Cl2FNO3/c1-9-5-6-13(12(19)7-9)20-14(21)8-23-16(22)15-10(17)3-2-4-11(15)18/h2-7H,8H2,1H3,(H,20,21). The Morgan fingerprint density at radius 3 is 2.43 bits per heavy atom. The van der Waals surface area contributed by atoms with Crippen molar-refractivity contribution in [2.75, 3.05) is 11.9 Å². The van der Waals surface area contributed by atoms with Crippen molar-refractivity contribution in [2.24, 2.45) is 0 Å². The first-order valence-corrected chi connectivity index (χ1v) is 7.31. The summed E-state index contributed by atoms with van der Waals surface area (Å²) >= 11 is 11.7. The van der Waals surface area contributed by atoms with Gasteiger partial charge in [-0.25, -0.2) is 9.18 Å². The molecule has 7 heteroatoms. The first-order chi connectivity index (χ1) is 10.9. The molecule has 2 aromatic carbocycles. The highest BCUT2D eigenvalue weighted by Crippen LogP contribution is 2.25. The summed E-state index contributed by atoms with van der Waals surface area (Å²) in [5.41, 5.74) is 0.706. The Morgan fingerprint density at radius 1 is 1.17 bits per heavy atom. The highest BCUT2D eigenvalue weighted by molar-refractivity contribution is 6.39. The van der Waals surface area contributed by atoms with Gasteiger partial charge in [-0.2, -0.15) is 0 Å². The lowest BCUT2D eigenvalue weighted by Gasteiger charge is -2.09. The van der Waals surface area contributed by atoms with E-state index in [-0.39, 0.29) is 21.3 Å². The SMILES string of the molecule is Cc1ccc(NC(=O)COC(=O)c2c(Cl)cccc2Cl)c(F)c1. The van der Waals surface area contributed by atoms with Crippen LogP contribution in [0.15, 0.2) is 36.4 Å². The third-order valence-corrected chi connectivity index (χ3v) is 3.53. The Kier molecular flexibility index (Phi) is 5.58. The summed E-state index contributed by atoms with van der Waals surface area (Å²) in [6, 6.07) is 8.89. The molecule has 0 spiro atoms. The first kappa shape index (κ1) is 17.2. The second-order valence-electron chi connectivity index (χ2n) is 4.70. The van der Waals surface area contributed by atoms with Crippen molar-refractivity contribution in [1.29, 1.82) is 0 Å². The molecule has 0 bridgehead atoms. The second-order valence-corrected chi connectivity index (χ2v) is 5.52. The summed E-state index contributed by atoms with van der Waals surface area (Å²) in [6.07, 6.45) is 0. The molecule has 0 radical (unpaired) electrons. The summed E-state index contributed by atoms with van der Waals surface area (Å²) < 4.78 is 18.5. The minimum absolute atomic E-state index is 0.00687. The van der Waals surface area contributed by atoms with Gasteiger partial charge in [0, 0.05) is 0 Å². The molecule has 2 aromatic rings. The van der Waals surface area contributed by atoms with Crippen LogP contribution in [0, 0.1) is 12.7 Å². The van der Waals surface area contributed by atoms with Gasteiger partial charge in [-0.05, 0) is 36.8 Å². The number of ether oxygens (including phenoxy) is 1. The Balaban J connectivity index is 1.98. The smallest absolute Gasteiger partial charge is 0.341 e. The van der Waals surface area contributed by atoms with E-state index in [2.05, 4.69) is 5.32 Å². The third-order valence-electron chi connectivity index (χ3n) is 2.90. The number of carbonyl (C=O) groups is 2. The predicted octanol–water partition coefficient (Wildman–Crippen LogP) is 4.24. The highest BCUT2D eigenvalue weighted by atomic mass is 35.5. The number of amides is 1. The van der Waals surface area contributed by atoms with E-state index in [0.29, 0.717) is 0 Å². The van der Waals surface area contributed by atoms with Crippen LogP contribution < -0.4 is 5.32 Å². The zero-order chi connectivity index (χ0) is 17.0. The molecule has 0 saturated carbocycles. The average Bonchev–Trinajstić information content (AvgIpc) is 2.48. The summed E-state index contributed by atoms with van der Waals surface area (Å²) in [5.74, 6) is -2.08. The molecule has 0 aliphatic heterocycles. The van der Waals surface area contributed by atoms with Gasteiger partial charge in [0.1, 0.15) is 5.82 Å². The molecule has 0 saturated heterocycles. The molecule has 0 heterocycles. The summed E-state index contributed by atoms with van der Waals surface area (Å²) in [7, 11) is 0. The minimum atomic E-state index is -0.833. The number of anilines is 1. The molecule has 0 atom stereocenters. The summed E-state index contributed by atoms with van der Waals surface area (Å²) in [4.78, 5) is 23.6. The number of carbonyl (C=O) groups excluding carboxylic acids is 2. The molecule has 4 nitrogen and oxygen atoms in total. The van der Waals surface area contributed by atoms with Crippen molar-refractivity contribution in [3.05, 3.63) is 63.4 Å². The second kappa shape index (κ2) is 7.44. The number of nitrogens with one attached hydrogen (secondary N) is 1. The predicted molar refractivity (Wildman–Crippen MR) is 86.5 cm³/mol. The highest BCUT2D eigenvalue weighted by Gasteiger charge is 2.17. The number of benzene rings is 2. The van der Waals surface area contributed by atoms with Crippen LogP contribution in [-0.2, 0) is 9.53 Å². The molecule has 1 amide bonds. The van der Waals surface area contributed by atoms with Crippen LogP contribution in [0.1, 0.15) is 15.9 Å². The number of rotatable bonds is 4. The van der Waals surface area contributed by atoms with Gasteiger partial charge in [-0.15, -0.1) is 0 Å². The fourth-order valence-corrected chi connectivity index (χ4v) is 2.36. The number of halogens is 3. The molecule has 0 fully saturated rings. The van der Waals surface area contributed by atoms with E-state index in [1.54, 1.807) is 19.1 Å². The van der Waals surface area contributed by atoms with Gasteiger partial charge in [0.05, 0.1) is 21.3 Å². The van der Waals surface area contributed by atoms with Crippen LogP contribution >= 0.6 is 23.2 Å². The monoisotopic (exact) mass is 355 g/mol. The maximum Gasteiger partial charge on any atom is 0.341 e. The van der Waals surface area contributed by atoms with Gasteiger partial charge in [0.25, 0.3) is 5.91 Å². The van der Waals surface area contributed by atoms with E-state index in [0.717, 1.165) is 5.56 Å². The zero-order valence-electron chi connectivity index (χ0n) is 12.0. The number of esters is 1. The molecule has 0 unspecified atom stereocenters. The average molecular weight is 356 g/mol. The van der Waals surface area contributed by atoms with Crippen LogP contribution in [-0.4, -0.2) is 18.5 Å². The fourth-order valence-electron chi connectivity index (χ4n) is 1.80. The van der Waals surface area contributed by atoms with E-state index in [1.807, 2.05) is 0 Å². The van der Waals surface area contributed by atoms with Crippen molar-refractivity contribution < 1.29 is 18.7 Å². The molecular weight excluding hydrogens is 344 g/mol. The maximum atomic E-state index is 13.6. The van der Waals surface area contributed by atoms with Gasteiger partial charge in [0.2, 0.25) is 0 Å². The Morgan fingerprint density at radius 2 is 1.83 bits per heavy atom. The van der Waals surface area contributed by atoms with Crippen molar-refractivity contribution in [1.82, 2.24) is 0 Å². The molecule has 2 rings (SSSR count). The minimum Gasteiger partial charge on any atom is -0.452 e. The fraction of sp³-hybridized carbons (Fsp3) is 0.125. The van der Waals surface area contributed by atoms with Gasteiger partial charge in [-0.1, -0.05) is 35.3 Å². The van der Waals surface area contributed by atoms with Crippen LogP contribution in [0.25, 0.3) is 0 Å². The number of hydrogen-bond donors (Lipinski definition) is 1. The van der Waals surface area contributed by atoms with Crippen molar-refractivity contribution in [3.63, 3.8) is 0 Å². The van der Waals surface area contributed by atoms with Crippen molar-refractivity contribution in [3.8, 4) is 0 Å². The Hall–Kier alpha value is -2.11. The molecule has 1 N–H and O–H groups in total. The lowest BCUT2D eigenvalue weighted by Crippen LogP contribution is -2.21. The van der Waals surface area contributed by atoms with Crippen LogP contribution in [0.5, 0.6) is 0 Å². The largest absolute Gasteiger partial charge is 0.452 e. The van der Waals surface area contributed by atoms with Gasteiger partial charge in [-0.3, -0.25) is 4.79 Å². The molecule has 120 valence electrons. The van der Waals surface area contributed by atoms with Gasteiger partial charge < -0.3 is 10.1 Å². The number of hydrogen-bond acceptors (Lipinski definition) is 3. The lowest BCUT2D eigenvalue weighted by atomic mass is 10.2. The van der Waals surface area contributed by atoms with E-state index >= 15 is 0 Å². The van der Waals surface area contributed by atoms with E-state index in [1.165, 1.54) is 24.3 Å². The summed E-state index contributed by atoms with van der Waals surface area (Å²) in [6.45, 7) is 1.14. The zero-order valence-corrected chi connectivity index (χ0v) is 13.5. The van der Waals surface area contributed by atoms with Crippen molar-refractivity contribution >= 4 is 40.8 Å². The van der Waals surface area contributed by atoms with Crippen LogP contribution in [0.4, 0.5) is 10.1 Å². The number of aryl methyl sites for hydroxylation is 1. The third kappa shape index (κ3) is 4.43.